The van der Waals surface area contributed by atoms with Gasteiger partial charge in [0.2, 0.25) is 16.4 Å². The zero-order valence-electron chi connectivity index (χ0n) is 10.8. The Kier molecular flexibility index (Phi) is 3.26. The van der Waals surface area contributed by atoms with Crippen LogP contribution in [0.4, 0.5) is 0 Å². The first-order valence-electron chi connectivity index (χ1n) is 6.17. The van der Waals surface area contributed by atoms with Gasteiger partial charge in [-0.25, -0.2) is 17.9 Å². The molecule has 0 aromatic carbocycles. The van der Waals surface area contributed by atoms with Gasteiger partial charge in [-0.2, -0.15) is 4.98 Å². The zero-order chi connectivity index (χ0) is 15.0. The Morgan fingerprint density at radius 3 is 2.86 bits per heavy atom. The lowest BCUT2D eigenvalue weighted by molar-refractivity contribution is 0.0685. The summed E-state index contributed by atoms with van der Waals surface area (Å²) in [5.41, 5.74) is -0.0302. The molecule has 0 atom stereocenters. The maximum absolute atomic E-state index is 12.2. The van der Waals surface area contributed by atoms with E-state index in [9.17, 15) is 13.2 Å². The highest BCUT2D eigenvalue weighted by molar-refractivity contribution is 7.89. The fourth-order valence-corrected chi connectivity index (χ4v) is 2.95. The van der Waals surface area contributed by atoms with Gasteiger partial charge in [-0.1, -0.05) is 5.16 Å². The summed E-state index contributed by atoms with van der Waals surface area (Å²) < 4.78 is 32.6. The Balaban J connectivity index is 1.84. The number of hydrogen-bond donors (Lipinski definition) is 2. The normalized spacial score (nSPS) is 15.2. The average molecular weight is 312 g/mol. The van der Waals surface area contributed by atoms with Crippen LogP contribution in [0.2, 0.25) is 0 Å². The topological polar surface area (TPSA) is 127 Å². The fraction of sp³-hybridized carbons (Fsp3) is 0.364. The quantitative estimate of drug-likeness (QED) is 0.789. The summed E-state index contributed by atoms with van der Waals surface area (Å²) in [4.78, 5) is 14.8. The van der Waals surface area contributed by atoms with Crippen LogP contribution in [0.3, 0.4) is 0 Å². The Bertz CT molecular complexity index is 761. The van der Waals surface area contributed by atoms with Crippen molar-refractivity contribution in [2.75, 3.05) is 0 Å². The van der Waals surface area contributed by atoms with Crippen molar-refractivity contribution in [3.05, 3.63) is 30.2 Å². The minimum absolute atomic E-state index is 0.0302. The van der Waals surface area contributed by atoms with Gasteiger partial charge in [-0.15, -0.1) is 0 Å². The lowest BCUT2D eigenvalue weighted by Gasteiger charge is -2.02. The van der Waals surface area contributed by atoms with Gasteiger partial charge in [-0.3, -0.25) is 0 Å². The van der Waals surface area contributed by atoms with E-state index in [-0.39, 0.29) is 29.0 Å². The number of carbonyl (C=O) groups is 1. The van der Waals surface area contributed by atoms with Crippen molar-refractivity contribution >= 4 is 16.0 Å². The number of nitrogens with one attached hydrogen (secondary N) is 1. The second-order valence-electron chi connectivity index (χ2n) is 4.68. The van der Waals surface area contributed by atoms with Crippen LogP contribution in [-0.2, 0) is 16.6 Å². The van der Waals surface area contributed by atoms with E-state index in [0.717, 1.165) is 25.3 Å². The molecular formula is C11H12N4O5S. The summed E-state index contributed by atoms with van der Waals surface area (Å²) in [7, 11) is -3.83. The summed E-state index contributed by atoms with van der Waals surface area (Å²) in [6.07, 6.45) is 4.14. The smallest absolute Gasteiger partial charge is 0.352 e. The molecule has 112 valence electrons. The van der Waals surface area contributed by atoms with E-state index < -0.39 is 16.0 Å². The van der Waals surface area contributed by atoms with E-state index in [1.165, 1.54) is 10.8 Å². The van der Waals surface area contributed by atoms with E-state index >= 15 is 0 Å². The molecule has 0 amide bonds. The molecule has 1 saturated carbocycles. The standard InChI is InChI=1S/C11H12N4O5S/c16-11(17)9-3-8(5-15(9)7-1-2-7)21(18,19)13-4-10-12-6-20-14-10/h3,5-7,13H,1-2,4H2,(H,16,17). The van der Waals surface area contributed by atoms with Gasteiger partial charge in [-0.05, 0) is 18.9 Å². The Morgan fingerprint density at radius 2 is 2.29 bits per heavy atom. The highest BCUT2D eigenvalue weighted by Crippen LogP contribution is 2.37. The number of rotatable bonds is 6. The highest BCUT2D eigenvalue weighted by Gasteiger charge is 2.30. The van der Waals surface area contributed by atoms with E-state index in [4.69, 9.17) is 5.11 Å². The van der Waals surface area contributed by atoms with Gasteiger partial charge in [0, 0.05) is 12.2 Å². The summed E-state index contributed by atoms with van der Waals surface area (Å²) in [5.74, 6) is -0.958. The fourth-order valence-electron chi connectivity index (χ4n) is 1.94. The molecule has 2 N–H and O–H groups in total. The summed E-state index contributed by atoms with van der Waals surface area (Å²) in [5, 5.41) is 12.6. The maximum atomic E-state index is 12.2. The van der Waals surface area contributed by atoms with Crippen LogP contribution in [-0.4, -0.2) is 34.2 Å². The second kappa shape index (κ2) is 4.97. The monoisotopic (exact) mass is 312 g/mol. The molecule has 2 aromatic heterocycles. The average Bonchev–Trinajstić information content (AvgIpc) is 2.97. The molecule has 2 heterocycles. The van der Waals surface area contributed by atoms with Gasteiger partial charge >= 0.3 is 5.97 Å². The maximum Gasteiger partial charge on any atom is 0.352 e. The molecular weight excluding hydrogens is 300 g/mol. The molecule has 0 unspecified atom stereocenters. The molecule has 0 radical (unpaired) electrons. The summed E-state index contributed by atoms with van der Waals surface area (Å²) >= 11 is 0. The molecule has 21 heavy (non-hydrogen) atoms. The first-order valence-corrected chi connectivity index (χ1v) is 7.66. The number of carboxylic acid groups (broad SMARTS) is 1. The Hall–Kier alpha value is -2.20. The van der Waals surface area contributed by atoms with Crippen molar-refractivity contribution in [2.45, 2.75) is 30.3 Å². The number of carboxylic acids is 1. The van der Waals surface area contributed by atoms with E-state index in [1.54, 1.807) is 0 Å². The third-order valence-corrected chi connectivity index (χ3v) is 4.49. The van der Waals surface area contributed by atoms with E-state index in [1.807, 2.05) is 0 Å². The molecule has 0 spiro atoms. The van der Waals surface area contributed by atoms with E-state index in [2.05, 4.69) is 19.4 Å². The van der Waals surface area contributed by atoms with Gasteiger partial charge in [0.15, 0.2) is 5.82 Å². The minimum Gasteiger partial charge on any atom is -0.477 e. The van der Waals surface area contributed by atoms with Gasteiger partial charge in [0.25, 0.3) is 0 Å². The van der Waals surface area contributed by atoms with Crippen molar-refractivity contribution < 1.29 is 22.8 Å². The van der Waals surface area contributed by atoms with Gasteiger partial charge < -0.3 is 14.2 Å². The van der Waals surface area contributed by atoms with Crippen LogP contribution in [0.5, 0.6) is 0 Å². The lowest BCUT2D eigenvalue weighted by atomic mass is 10.4. The second-order valence-corrected chi connectivity index (χ2v) is 6.44. The minimum atomic E-state index is -3.83. The molecule has 2 aromatic rings. The SMILES string of the molecule is O=C(O)c1cc(S(=O)(=O)NCc2ncon2)cn1C1CC1. The van der Waals surface area contributed by atoms with Gasteiger partial charge in [0.1, 0.15) is 10.6 Å². The Morgan fingerprint density at radius 1 is 1.52 bits per heavy atom. The molecule has 9 nitrogen and oxygen atoms in total. The number of aromatic carboxylic acids is 1. The first-order chi connectivity index (χ1) is 9.97. The molecule has 1 aliphatic carbocycles. The van der Waals surface area contributed by atoms with Gasteiger partial charge in [0.05, 0.1) is 6.54 Å². The molecule has 3 rings (SSSR count). The van der Waals surface area contributed by atoms with Crippen LogP contribution in [0.25, 0.3) is 0 Å². The van der Waals surface area contributed by atoms with Crippen molar-refractivity contribution in [3.63, 3.8) is 0 Å². The van der Waals surface area contributed by atoms with Crippen LogP contribution in [0, 0.1) is 0 Å². The molecule has 10 heteroatoms. The number of aromatic nitrogens is 3. The van der Waals surface area contributed by atoms with Crippen molar-refractivity contribution in [3.8, 4) is 0 Å². The van der Waals surface area contributed by atoms with Crippen molar-refractivity contribution in [1.82, 2.24) is 19.4 Å². The Labute approximate surface area is 119 Å². The van der Waals surface area contributed by atoms with Crippen LogP contribution in [0.15, 0.2) is 28.1 Å². The predicted octanol–water partition coefficient (Wildman–Crippen LogP) is 0.383. The molecule has 0 bridgehead atoms. The zero-order valence-corrected chi connectivity index (χ0v) is 11.6. The van der Waals surface area contributed by atoms with Crippen LogP contribution >= 0.6 is 0 Å². The molecule has 1 aliphatic rings. The predicted molar refractivity (Wildman–Crippen MR) is 68.0 cm³/mol. The number of sulfonamides is 1. The number of nitrogens with zero attached hydrogens (tertiary/aromatic N) is 3. The third kappa shape index (κ3) is 2.81. The van der Waals surface area contributed by atoms with Crippen LogP contribution < -0.4 is 4.72 Å². The summed E-state index contributed by atoms with van der Waals surface area (Å²) in [6.45, 7) is -0.129. The molecule has 0 saturated heterocycles. The third-order valence-electron chi connectivity index (χ3n) is 3.12. The van der Waals surface area contributed by atoms with Crippen molar-refractivity contribution in [1.29, 1.82) is 0 Å². The van der Waals surface area contributed by atoms with Crippen LogP contribution in [0.1, 0.15) is 35.2 Å². The molecule has 0 aliphatic heterocycles. The number of hydrogen-bond acceptors (Lipinski definition) is 6. The largest absolute Gasteiger partial charge is 0.477 e. The lowest BCUT2D eigenvalue weighted by Crippen LogP contribution is -2.23. The van der Waals surface area contributed by atoms with E-state index in [0.29, 0.717) is 0 Å². The molecule has 1 fully saturated rings. The first kappa shape index (κ1) is 13.8. The summed E-state index contributed by atoms with van der Waals surface area (Å²) in [6, 6.07) is 1.22. The van der Waals surface area contributed by atoms with Crippen molar-refractivity contribution in [2.24, 2.45) is 0 Å². The highest BCUT2D eigenvalue weighted by atomic mass is 32.2.